The van der Waals surface area contributed by atoms with Crippen molar-refractivity contribution >= 4 is 22.8 Å². The number of methoxy groups -OCH3 is 1. The lowest BCUT2D eigenvalue weighted by molar-refractivity contribution is 0.0949. The number of amides is 2. The molecule has 2 amide bonds. The van der Waals surface area contributed by atoms with Gasteiger partial charge in [0, 0.05) is 18.0 Å². The quantitative estimate of drug-likeness (QED) is 0.524. The molecule has 7 nitrogen and oxygen atoms in total. The van der Waals surface area contributed by atoms with Gasteiger partial charge in [0.2, 0.25) is 0 Å². The van der Waals surface area contributed by atoms with Crippen LogP contribution >= 0.6 is 0 Å². The Morgan fingerprint density at radius 2 is 1.86 bits per heavy atom. The summed E-state index contributed by atoms with van der Waals surface area (Å²) in [6.45, 7) is -0.00347. The SMILES string of the molecule is CNC(=O)c1ccccc1C#CCNC(=O)c1cc2cccc(OC)c2oc1=O. The van der Waals surface area contributed by atoms with Crippen molar-refractivity contribution < 1.29 is 18.7 Å². The summed E-state index contributed by atoms with van der Waals surface area (Å²) in [5.74, 6) is 5.20. The van der Waals surface area contributed by atoms with E-state index in [0.717, 1.165) is 0 Å². The zero-order chi connectivity index (χ0) is 20.8. The maximum Gasteiger partial charge on any atom is 0.349 e. The fourth-order valence-corrected chi connectivity index (χ4v) is 2.72. The Bertz CT molecular complexity index is 1200. The Labute approximate surface area is 166 Å². The van der Waals surface area contributed by atoms with Crippen LogP contribution in [-0.2, 0) is 0 Å². The van der Waals surface area contributed by atoms with E-state index < -0.39 is 11.5 Å². The highest BCUT2D eigenvalue weighted by Crippen LogP contribution is 2.24. The van der Waals surface area contributed by atoms with Gasteiger partial charge in [-0.3, -0.25) is 9.59 Å². The van der Waals surface area contributed by atoms with Gasteiger partial charge in [0.1, 0.15) is 5.56 Å². The van der Waals surface area contributed by atoms with E-state index in [2.05, 4.69) is 22.5 Å². The molecule has 146 valence electrons. The summed E-state index contributed by atoms with van der Waals surface area (Å²) in [5, 5.41) is 5.68. The molecule has 0 saturated carbocycles. The van der Waals surface area contributed by atoms with Gasteiger partial charge >= 0.3 is 5.63 Å². The first-order valence-electron chi connectivity index (χ1n) is 8.74. The zero-order valence-electron chi connectivity index (χ0n) is 15.9. The number of benzene rings is 2. The first-order chi connectivity index (χ1) is 14.0. The number of fused-ring (bicyclic) bond motifs is 1. The molecule has 0 radical (unpaired) electrons. The van der Waals surface area contributed by atoms with Crippen molar-refractivity contribution in [3.8, 4) is 17.6 Å². The summed E-state index contributed by atoms with van der Waals surface area (Å²) in [6, 6.07) is 13.5. The first-order valence-corrected chi connectivity index (χ1v) is 8.74. The van der Waals surface area contributed by atoms with Crippen molar-refractivity contribution in [1.82, 2.24) is 10.6 Å². The van der Waals surface area contributed by atoms with Crippen molar-refractivity contribution in [2.75, 3.05) is 20.7 Å². The molecule has 0 unspecified atom stereocenters. The number of ether oxygens (including phenoxy) is 1. The average molecular weight is 390 g/mol. The van der Waals surface area contributed by atoms with Crippen LogP contribution in [0.3, 0.4) is 0 Å². The van der Waals surface area contributed by atoms with Gasteiger partial charge in [-0.05, 0) is 24.3 Å². The van der Waals surface area contributed by atoms with Crippen molar-refractivity contribution in [2.45, 2.75) is 0 Å². The molecule has 0 aliphatic carbocycles. The lowest BCUT2D eigenvalue weighted by Crippen LogP contribution is -2.28. The zero-order valence-corrected chi connectivity index (χ0v) is 15.9. The van der Waals surface area contributed by atoms with Crippen LogP contribution in [0.25, 0.3) is 11.0 Å². The molecule has 7 heteroatoms. The molecule has 0 atom stereocenters. The molecule has 2 aromatic carbocycles. The Kier molecular flexibility index (Phi) is 5.95. The van der Waals surface area contributed by atoms with Gasteiger partial charge in [-0.1, -0.05) is 36.1 Å². The molecule has 0 bridgehead atoms. The Morgan fingerprint density at radius 1 is 1.07 bits per heavy atom. The summed E-state index contributed by atoms with van der Waals surface area (Å²) >= 11 is 0. The van der Waals surface area contributed by atoms with Gasteiger partial charge in [-0.15, -0.1) is 0 Å². The van der Waals surface area contributed by atoms with E-state index in [1.165, 1.54) is 20.2 Å². The lowest BCUT2D eigenvalue weighted by Gasteiger charge is -2.05. The van der Waals surface area contributed by atoms with Gasteiger partial charge in [-0.2, -0.15) is 0 Å². The number of para-hydroxylation sites is 1. The maximum atomic E-state index is 12.4. The number of rotatable bonds is 4. The fourth-order valence-electron chi connectivity index (χ4n) is 2.72. The number of carbonyl (C=O) groups is 2. The van der Waals surface area contributed by atoms with Crippen LogP contribution < -0.4 is 21.0 Å². The third-order valence-corrected chi connectivity index (χ3v) is 4.15. The minimum atomic E-state index is -0.766. The standard InChI is InChI=1S/C22H18N2O5/c1-23-20(25)16-10-4-3-7-14(16)9-6-12-24-21(26)17-13-15-8-5-11-18(28-2)19(15)29-22(17)27/h3-5,7-8,10-11,13H,12H2,1-2H3,(H,23,25)(H,24,26). The van der Waals surface area contributed by atoms with E-state index in [1.54, 1.807) is 42.5 Å². The number of hydrogen-bond donors (Lipinski definition) is 2. The number of carbonyl (C=O) groups excluding carboxylic acids is 2. The minimum absolute atomic E-state index is 0.00347. The first kappa shape index (κ1) is 19.7. The summed E-state index contributed by atoms with van der Waals surface area (Å²) in [4.78, 5) is 36.4. The highest BCUT2D eigenvalue weighted by Gasteiger charge is 2.15. The third kappa shape index (κ3) is 4.28. The van der Waals surface area contributed by atoms with Crippen LogP contribution in [0.15, 0.2) is 57.7 Å². The van der Waals surface area contributed by atoms with Crippen LogP contribution in [0.2, 0.25) is 0 Å². The molecular weight excluding hydrogens is 372 g/mol. The summed E-state index contributed by atoms with van der Waals surface area (Å²) in [7, 11) is 3.01. The molecule has 0 spiro atoms. The van der Waals surface area contributed by atoms with Gasteiger partial charge < -0.3 is 19.8 Å². The van der Waals surface area contributed by atoms with E-state index in [0.29, 0.717) is 22.3 Å². The highest BCUT2D eigenvalue weighted by molar-refractivity contribution is 5.98. The van der Waals surface area contributed by atoms with Gasteiger partial charge in [0.25, 0.3) is 11.8 Å². The third-order valence-electron chi connectivity index (χ3n) is 4.15. The van der Waals surface area contributed by atoms with Crippen LogP contribution in [0.5, 0.6) is 5.75 Å². The van der Waals surface area contributed by atoms with Gasteiger partial charge in [0.15, 0.2) is 11.3 Å². The molecule has 3 aromatic rings. The van der Waals surface area contributed by atoms with E-state index in [4.69, 9.17) is 9.15 Å². The van der Waals surface area contributed by atoms with Crippen LogP contribution in [-0.4, -0.2) is 32.5 Å². The maximum absolute atomic E-state index is 12.4. The second-order valence-electron chi connectivity index (χ2n) is 5.94. The predicted octanol–water partition coefficient (Wildman–Crippen LogP) is 1.94. The van der Waals surface area contributed by atoms with Crippen LogP contribution in [0, 0.1) is 11.8 Å². The molecular formula is C22H18N2O5. The van der Waals surface area contributed by atoms with Crippen molar-refractivity contribution in [3.05, 3.63) is 75.6 Å². The summed E-state index contributed by atoms with van der Waals surface area (Å²) < 4.78 is 10.4. The van der Waals surface area contributed by atoms with Crippen LogP contribution in [0.1, 0.15) is 26.3 Å². The van der Waals surface area contributed by atoms with Crippen molar-refractivity contribution in [2.24, 2.45) is 0 Å². The summed E-state index contributed by atoms with van der Waals surface area (Å²) in [5.41, 5.74) is 0.370. The highest BCUT2D eigenvalue weighted by atomic mass is 16.5. The van der Waals surface area contributed by atoms with Gasteiger partial charge in [0.05, 0.1) is 19.2 Å². The topological polar surface area (TPSA) is 97.6 Å². The molecule has 2 N–H and O–H groups in total. The largest absolute Gasteiger partial charge is 0.493 e. The van der Waals surface area contributed by atoms with E-state index >= 15 is 0 Å². The van der Waals surface area contributed by atoms with E-state index in [-0.39, 0.29) is 23.6 Å². The molecule has 0 aliphatic rings. The molecule has 1 heterocycles. The van der Waals surface area contributed by atoms with E-state index in [1.807, 2.05) is 0 Å². The lowest BCUT2D eigenvalue weighted by atomic mass is 10.1. The fraction of sp³-hybridized carbons (Fsp3) is 0.136. The molecule has 29 heavy (non-hydrogen) atoms. The minimum Gasteiger partial charge on any atom is -0.493 e. The van der Waals surface area contributed by atoms with E-state index in [9.17, 15) is 14.4 Å². The predicted molar refractivity (Wildman–Crippen MR) is 108 cm³/mol. The van der Waals surface area contributed by atoms with Crippen LogP contribution in [0.4, 0.5) is 0 Å². The van der Waals surface area contributed by atoms with Crippen molar-refractivity contribution in [3.63, 3.8) is 0 Å². The average Bonchev–Trinajstić information content (AvgIpc) is 2.75. The molecule has 3 rings (SSSR count). The van der Waals surface area contributed by atoms with Gasteiger partial charge in [-0.25, -0.2) is 4.79 Å². The summed E-state index contributed by atoms with van der Waals surface area (Å²) in [6.07, 6.45) is 0. The Morgan fingerprint density at radius 3 is 2.62 bits per heavy atom. The van der Waals surface area contributed by atoms with Crippen molar-refractivity contribution in [1.29, 1.82) is 0 Å². The Hall–Kier alpha value is -4.05. The molecule has 0 aliphatic heterocycles. The Balaban J connectivity index is 1.77. The second kappa shape index (κ2) is 8.76. The molecule has 1 aromatic heterocycles. The number of nitrogens with one attached hydrogen (secondary N) is 2. The number of hydrogen-bond acceptors (Lipinski definition) is 5. The molecule has 0 fully saturated rings. The second-order valence-corrected chi connectivity index (χ2v) is 5.94. The smallest absolute Gasteiger partial charge is 0.349 e. The monoisotopic (exact) mass is 390 g/mol. The molecule has 0 saturated heterocycles. The normalized spacial score (nSPS) is 10.0.